The van der Waals surface area contributed by atoms with Crippen molar-refractivity contribution in [1.29, 1.82) is 0 Å². The molecule has 0 spiro atoms. The lowest BCUT2D eigenvalue weighted by atomic mass is 9.57. The van der Waals surface area contributed by atoms with E-state index in [0.29, 0.717) is 0 Å². The van der Waals surface area contributed by atoms with E-state index >= 15 is 0 Å². The Kier molecular flexibility index (Phi) is 3.85. The summed E-state index contributed by atoms with van der Waals surface area (Å²) in [4.78, 5) is 12.1. The van der Waals surface area contributed by atoms with Crippen LogP contribution in [0.25, 0.3) is 0 Å². The number of carbonyl (C=O) groups is 1. The normalized spacial score (nSPS) is 25.3. The first-order chi connectivity index (χ1) is 10.6. The lowest BCUT2D eigenvalue weighted by Crippen LogP contribution is -2.49. The number of carbonyl (C=O) groups excluding carboxylic acids is 1. The number of hydrogen-bond donors (Lipinski definition) is 0. The molecule has 2 aliphatic rings. The highest BCUT2D eigenvalue weighted by Crippen LogP contribution is 2.62. The van der Waals surface area contributed by atoms with Crippen LogP contribution in [0.15, 0.2) is 30.4 Å². The van der Waals surface area contributed by atoms with E-state index in [9.17, 15) is 4.79 Å². The van der Waals surface area contributed by atoms with Crippen LogP contribution in [0.1, 0.15) is 49.7 Å². The van der Waals surface area contributed by atoms with E-state index in [-0.39, 0.29) is 12.5 Å². The van der Waals surface area contributed by atoms with Crippen LogP contribution in [0.4, 0.5) is 4.79 Å². The van der Waals surface area contributed by atoms with Gasteiger partial charge in [0.15, 0.2) is 5.60 Å². The van der Waals surface area contributed by atoms with Gasteiger partial charge in [-0.3, -0.25) is 0 Å². The molecule has 3 rings (SSSR count). The standard InChI is InChI=1S/C18H22O4/c1-12(2)11-21-17(19)22-18-10-5-4-8-14(18)13-7-6-9-15(20-3)16(13)18/h6-7,9,14H,1,4-5,8,10-11H2,2-3H3/t14-,18+/m1/s1. The predicted molar refractivity (Wildman–Crippen MR) is 83.1 cm³/mol. The Hall–Kier alpha value is -1.97. The van der Waals surface area contributed by atoms with Crippen molar-refractivity contribution in [3.63, 3.8) is 0 Å². The number of rotatable bonds is 4. The molecule has 0 N–H and O–H groups in total. The van der Waals surface area contributed by atoms with Crippen molar-refractivity contribution in [3.8, 4) is 5.75 Å². The van der Waals surface area contributed by atoms with Gasteiger partial charge in [-0.15, -0.1) is 0 Å². The second-order valence-corrected chi connectivity index (χ2v) is 6.21. The van der Waals surface area contributed by atoms with Crippen LogP contribution in [-0.2, 0) is 15.1 Å². The summed E-state index contributed by atoms with van der Waals surface area (Å²) in [5, 5.41) is 0. The van der Waals surface area contributed by atoms with Crippen LogP contribution < -0.4 is 4.74 Å². The third-order valence-electron chi connectivity index (χ3n) is 4.63. The molecule has 0 aromatic heterocycles. The molecular weight excluding hydrogens is 280 g/mol. The van der Waals surface area contributed by atoms with E-state index in [1.54, 1.807) is 7.11 Å². The van der Waals surface area contributed by atoms with Crippen molar-refractivity contribution in [3.05, 3.63) is 41.5 Å². The van der Waals surface area contributed by atoms with Gasteiger partial charge in [0.25, 0.3) is 0 Å². The molecule has 1 aromatic rings. The SMILES string of the molecule is C=C(C)COC(=O)O[C@@]12CCCC[C@@H]1c1cccc(OC)c12. The molecule has 0 unspecified atom stereocenters. The number of methoxy groups -OCH3 is 1. The molecule has 4 heteroatoms. The fourth-order valence-corrected chi connectivity index (χ4v) is 3.77. The summed E-state index contributed by atoms with van der Waals surface area (Å²) in [7, 11) is 1.65. The molecule has 1 fully saturated rings. The topological polar surface area (TPSA) is 44.8 Å². The van der Waals surface area contributed by atoms with Crippen LogP contribution in [-0.4, -0.2) is 19.9 Å². The Labute approximate surface area is 131 Å². The van der Waals surface area contributed by atoms with Gasteiger partial charge < -0.3 is 14.2 Å². The van der Waals surface area contributed by atoms with Crippen LogP contribution in [0.2, 0.25) is 0 Å². The Balaban J connectivity index is 1.88. The molecule has 4 nitrogen and oxygen atoms in total. The molecule has 2 atom stereocenters. The molecule has 0 aliphatic heterocycles. The number of benzene rings is 1. The third-order valence-corrected chi connectivity index (χ3v) is 4.63. The van der Waals surface area contributed by atoms with Gasteiger partial charge in [0, 0.05) is 11.5 Å². The molecule has 0 saturated heterocycles. The van der Waals surface area contributed by atoms with E-state index in [4.69, 9.17) is 14.2 Å². The van der Waals surface area contributed by atoms with Gasteiger partial charge in [-0.2, -0.15) is 0 Å². The van der Waals surface area contributed by atoms with E-state index in [0.717, 1.165) is 42.6 Å². The second kappa shape index (κ2) is 5.67. The zero-order chi connectivity index (χ0) is 15.7. The molecule has 22 heavy (non-hydrogen) atoms. The first-order valence-electron chi connectivity index (χ1n) is 7.76. The average Bonchev–Trinajstić information content (AvgIpc) is 2.51. The minimum Gasteiger partial charge on any atom is -0.496 e. The molecule has 0 radical (unpaired) electrons. The molecule has 0 amide bonds. The van der Waals surface area contributed by atoms with Gasteiger partial charge in [-0.1, -0.05) is 25.1 Å². The minimum atomic E-state index is -0.619. The molecule has 118 valence electrons. The molecule has 0 heterocycles. The highest BCUT2D eigenvalue weighted by atomic mass is 16.7. The summed E-state index contributed by atoms with van der Waals surface area (Å²) in [6, 6.07) is 6.03. The van der Waals surface area contributed by atoms with E-state index in [2.05, 4.69) is 12.6 Å². The number of ether oxygens (including phenoxy) is 3. The average molecular weight is 302 g/mol. The van der Waals surface area contributed by atoms with Crippen molar-refractivity contribution >= 4 is 6.16 Å². The Morgan fingerprint density at radius 2 is 2.23 bits per heavy atom. The first-order valence-corrected chi connectivity index (χ1v) is 7.76. The van der Waals surface area contributed by atoms with E-state index < -0.39 is 11.8 Å². The zero-order valence-electron chi connectivity index (χ0n) is 13.2. The monoisotopic (exact) mass is 302 g/mol. The lowest BCUT2D eigenvalue weighted by molar-refractivity contribution is -0.0904. The summed E-state index contributed by atoms with van der Waals surface area (Å²) in [5.41, 5.74) is 2.48. The number of hydrogen-bond acceptors (Lipinski definition) is 4. The van der Waals surface area contributed by atoms with Gasteiger partial charge in [0.1, 0.15) is 12.4 Å². The van der Waals surface area contributed by atoms with Crippen LogP contribution in [0.3, 0.4) is 0 Å². The van der Waals surface area contributed by atoms with Crippen molar-refractivity contribution in [2.24, 2.45) is 0 Å². The van der Waals surface area contributed by atoms with Crippen molar-refractivity contribution in [2.45, 2.75) is 44.1 Å². The summed E-state index contributed by atoms with van der Waals surface area (Å²) < 4.78 is 16.4. The van der Waals surface area contributed by atoms with Gasteiger partial charge in [0.2, 0.25) is 0 Å². The second-order valence-electron chi connectivity index (χ2n) is 6.21. The molecular formula is C18H22O4. The Morgan fingerprint density at radius 3 is 2.95 bits per heavy atom. The van der Waals surface area contributed by atoms with E-state index in [1.165, 1.54) is 5.56 Å². The van der Waals surface area contributed by atoms with Crippen molar-refractivity contribution < 1.29 is 19.0 Å². The largest absolute Gasteiger partial charge is 0.509 e. The summed E-state index contributed by atoms with van der Waals surface area (Å²) in [6.45, 7) is 5.74. The Morgan fingerprint density at radius 1 is 1.41 bits per heavy atom. The highest BCUT2D eigenvalue weighted by molar-refractivity contribution is 5.65. The molecule has 2 aliphatic carbocycles. The zero-order valence-corrected chi connectivity index (χ0v) is 13.2. The smallest absolute Gasteiger partial charge is 0.496 e. The Bertz CT molecular complexity index is 607. The van der Waals surface area contributed by atoms with Crippen molar-refractivity contribution in [1.82, 2.24) is 0 Å². The summed E-state index contributed by atoms with van der Waals surface area (Å²) >= 11 is 0. The fraction of sp³-hybridized carbons (Fsp3) is 0.500. The van der Waals surface area contributed by atoms with Crippen LogP contribution in [0.5, 0.6) is 5.75 Å². The van der Waals surface area contributed by atoms with Gasteiger partial charge in [0.05, 0.1) is 7.11 Å². The van der Waals surface area contributed by atoms with E-state index in [1.807, 2.05) is 19.1 Å². The third kappa shape index (κ3) is 2.27. The summed E-state index contributed by atoms with van der Waals surface area (Å²) in [5.74, 6) is 1.05. The maximum Gasteiger partial charge on any atom is 0.509 e. The minimum absolute atomic E-state index is 0.193. The predicted octanol–water partition coefficient (Wildman–Crippen LogP) is 4.29. The van der Waals surface area contributed by atoms with Crippen LogP contribution in [0, 0.1) is 0 Å². The van der Waals surface area contributed by atoms with Gasteiger partial charge in [-0.25, -0.2) is 4.79 Å². The first kappa shape index (κ1) is 14.9. The van der Waals surface area contributed by atoms with Gasteiger partial charge >= 0.3 is 6.16 Å². The molecule has 0 bridgehead atoms. The van der Waals surface area contributed by atoms with Gasteiger partial charge in [-0.05, 0) is 43.4 Å². The van der Waals surface area contributed by atoms with Crippen LogP contribution >= 0.6 is 0 Å². The lowest BCUT2D eigenvalue weighted by Gasteiger charge is -2.52. The summed E-state index contributed by atoms with van der Waals surface area (Å²) in [6.07, 6.45) is 3.45. The number of fused-ring (bicyclic) bond motifs is 4. The highest BCUT2D eigenvalue weighted by Gasteiger charge is 2.57. The maximum absolute atomic E-state index is 12.1. The fourth-order valence-electron chi connectivity index (χ4n) is 3.77. The molecule has 1 aromatic carbocycles. The molecule has 1 saturated carbocycles. The quantitative estimate of drug-likeness (QED) is 0.615. The van der Waals surface area contributed by atoms with Crippen molar-refractivity contribution in [2.75, 3.05) is 13.7 Å². The maximum atomic E-state index is 12.1.